The highest BCUT2D eigenvalue weighted by Gasteiger charge is 2.13. The van der Waals surface area contributed by atoms with Gasteiger partial charge in [-0.15, -0.1) is 0 Å². The summed E-state index contributed by atoms with van der Waals surface area (Å²) < 4.78 is 5.46. The smallest absolute Gasteiger partial charge is 0.250 e. The molecule has 0 aliphatic carbocycles. The molecule has 0 atom stereocenters. The highest BCUT2D eigenvalue weighted by molar-refractivity contribution is 6.01. The number of hydrogen-bond donors (Lipinski definition) is 1. The van der Waals surface area contributed by atoms with E-state index >= 15 is 0 Å². The number of H-pyrrole nitrogens is 1. The number of anilines is 1. The van der Waals surface area contributed by atoms with Gasteiger partial charge in [0, 0.05) is 59.6 Å². The number of benzene rings is 1. The molecule has 0 unspecified atom stereocenters. The van der Waals surface area contributed by atoms with Gasteiger partial charge >= 0.3 is 0 Å². The Morgan fingerprint density at radius 3 is 2.70 bits per heavy atom. The Morgan fingerprint density at radius 2 is 1.97 bits per heavy atom. The van der Waals surface area contributed by atoms with Crippen LogP contribution in [0.3, 0.4) is 0 Å². The molecule has 1 N–H and O–H groups in total. The highest BCUT2D eigenvalue weighted by atomic mass is 16.5. The fraction of sp³-hybridized carbons (Fsp3) is 0.125. The van der Waals surface area contributed by atoms with Crippen molar-refractivity contribution in [2.24, 2.45) is 0 Å². The van der Waals surface area contributed by atoms with Crippen molar-refractivity contribution < 1.29 is 9.53 Å². The molecule has 0 aliphatic rings. The zero-order valence-electron chi connectivity index (χ0n) is 17.1. The molecule has 30 heavy (non-hydrogen) atoms. The molecule has 0 saturated heterocycles. The summed E-state index contributed by atoms with van der Waals surface area (Å²) in [4.78, 5) is 25.7. The Bertz CT molecular complexity index is 1260. The molecule has 0 fully saturated rings. The van der Waals surface area contributed by atoms with Gasteiger partial charge in [0.15, 0.2) is 0 Å². The predicted molar refractivity (Wildman–Crippen MR) is 120 cm³/mol. The van der Waals surface area contributed by atoms with Crippen LogP contribution in [0.5, 0.6) is 5.75 Å². The van der Waals surface area contributed by atoms with Crippen LogP contribution in [0.4, 0.5) is 5.69 Å². The predicted octanol–water partition coefficient (Wildman–Crippen LogP) is 4.76. The molecule has 4 aromatic rings. The van der Waals surface area contributed by atoms with Crippen molar-refractivity contribution in [2.45, 2.75) is 6.92 Å². The van der Waals surface area contributed by atoms with Crippen molar-refractivity contribution >= 4 is 22.6 Å². The summed E-state index contributed by atoms with van der Waals surface area (Å²) in [6, 6.07) is 11.8. The minimum absolute atomic E-state index is 0.191. The number of ether oxygens (including phenoxy) is 1. The second-order valence-corrected chi connectivity index (χ2v) is 7.03. The van der Waals surface area contributed by atoms with E-state index < -0.39 is 0 Å². The molecule has 0 spiro atoms. The Kier molecular flexibility index (Phi) is 5.06. The SMILES string of the molecule is C=CC(=O)N(C)c1cc(OC)cc(-c2cnc3[nH]cc(-c4ccnc(C)c4)c3c2)c1. The molecule has 150 valence electrons. The molecule has 4 rings (SSSR count). The zero-order valence-corrected chi connectivity index (χ0v) is 17.1. The van der Waals surface area contributed by atoms with Gasteiger partial charge in [0.1, 0.15) is 11.4 Å². The average Bonchev–Trinajstić information content (AvgIpc) is 3.21. The van der Waals surface area contributed by atoms with Gasteiger partial charge in [-0.2, -0.15) is 0 Å². The summed E-state index contributed by atoms with van der Waals surface area (Å²) in [5.74, 6) is 0.467. The number of hydrogen-bond acceptors (Lipinski definition) is 4. The number of methoxy groups -OCH3 is 1. The normalized spacial score (nSPS) is 10.8. The van der Waals surface area contributed by atoms with Gasteiger partial charge in [-0.05, 0) is 54.5 Å². The molecule has 0 radical (unpaired) electrons. The lowest BCUT2D eigenvalue weighted by atomic mass is 10.0. The molecular formula is C24H22N4O2. The number of aromatic nitrogens is 3. The van der Waals surface area contributed by atoms with Crippen molar-refractivity contribution in [1.29, 1.82) is 0 Å². The first-order valence-corrected chi connectivity index (χ1v) is 9.50. The van der Waals surface area contributed by atoms with Crippen molar-refractivity contribution in [1.82, 2.24) is 15.0 Å². The van der Waals surface area contributed by atoms with E-state index in [0.717, 1.165) is 39.0 Å². The van der Waals surface area contributed by atoms with Crippen LogP contribution in [-0.4, -0.2) is 35.0 Å². The van der Waals surface area contributed by atoms with Gasteiger partial charge in [0.25, 0.3) is 0 Å². The number of aryl methyl sites for hydroxylation is 1. The van der Waals surface area contributed by atoms with Gasteiger partial charge < -0.3 is 14.6 Å². The molecule has 0 bridgehead atoms. The van der Waals surface area contributed by atoms with E-state index in [-0.39, 0.29) is 5.91 Å². The first kappa shape index (κ1) is 19.4. The third-order valence-corrected chi connectivity index (χ3v) is 5.09. The zero-order chi connectivity index (χ0) is 21.3. The van der Waals surface area contributed by atoms with Gasteiger partial charge in [-0.3, -0.25) is 9.78 Å². The largest absolute Gasteiger partial charge is 0.497 e. The molecule has 6 heteroatoms. The molecule has 6 nitrogen and oxygen atoms in total. The average molecular weight is 398 g/mol. The lowest BCUT2D eigenvalue weighted by molar-refractivity contribution is -0.113. The van der Waals surface area contributed by atoms with Crippen LogP contribution in [0.15, 0.2) is 67.6 Å². The number of pyridine rings is 2. The number of nitrogens with zero attached hydrogens (tertiary/aromatic N) is 3. The fourth-order valence-corrected chi connectivity index (χ4v) is 3.44. The minimum atomic E-state index is -0.191. The lowest BCUT2D eigenvalue weighted by Gasteiger charge is -2.18. The second kappa shape index (κ2) is 7.83. The van der Waals surface area contributed by atoms with Crippen LogP contribution in [0.1, 0.15) is 5.69 Å². The van der Waals surface area contributed by atoms with Crippen LogP contribution in [0, 0.1) is 6.92 Å². The number of fused-ring (bicyclic) bond motifs is 1. The number of aromatic amines is 1. The van der Waals surface area contributed by atoms with Crippen LogP contribution in [0.25, 0.3) is 33.3 Å². The summed E-state index contributed by atoms with van der Waals surface area (Å²) in [5, 5.41) is 1.01. The molecular weight excluding hydrogens is 376 g/mol. The molecule has 3 heterocycles. The summed E-state index contributed by atoms with van der Waals surface area (Å²) in [6.07, 6.45) is 6.87. The topological polar surface area (TPSA) is 71.1 Å². The minimum Gasteiger partial charge on any atom is -0.497 e. The maximum Gasteiger partial charge on any atom is 0.250 e. The number of amides is 1. The Hall–Kier alpha value is -3.93. The van der Waals surface area contributed by atoms with Crippen molar-refractivity contribution in [3.63, 3.8) is 0 Å². The first-order chi connectivity index (χ1) is 14.5. The van der Waals surface area contributed by atoms with E-state index in [1.807, 2.05) is 49.8 Å². The Morgan fingerprint density at radius 1 is 1.13 bits per heavy atom. The van der Waals surface area contributed by atoms with Gasteiger partial charge in [-0.25, -0.2) is 4.98 Å². The number of carbonyl (C=O) groups excluding carboxylic acids is 1. The van der Waals surface area contributed by atoms with Crippen molar-refractivity contribution in [2.75, 3.05) is 19.1 Å². The molecule has 0 saturated carbocycles. The Balaban J connectivity index is 1.84. The van der Waals surface area contributed by atoms with E-state index in [1.54, 1.807) is 14.2 Å². The number of nitrogens with one attached hydrogen (secondary N) is 1. The monoisotopic (exact) mass is 398 g/mol. The van der Waals surface area contributed by atoms with Gasteiger partial charge in [0.05, 0.1) is 7.11 Å². The summed E-state index contributed by atoms with van der Waals surface area (Å²) >= 11 is 0. The van der Waals surface area contributed by atoms with E-state index in [0.29, 0.717) is 11.4 Å². The van der Waals surface area contributed by atoms with Crippen molar-refractivity contribution in [3.8, 4) is 28.0 Å². The van der Waals surface area contributed by atoms with E-state index in [1.165, 1.54) is 11.0 Å². The van der Waals surface area contributed by atoms with E-state index in [4.69, 9.17) is 4.74 Å². The standard InChI is InChI=1S/C24H22N4O2/c1-5-23(29)28(3)19-9-17(10-20(12-19)30-4)18-11-21-22(14-27-24(21)26-13-18)16-6-7-25-15(2)8-16/h5-14H,1H2,2-4H3,(H,26,27). The number of rotatable bonds is 5. The van der Waals surface area contributed by atoms with Crippen molar-refractivity contribution in [3.05, 3.63) is 73.3 Å². The van der Waals surface area contributed by atoms with Crippen LogP contribution in [0.2, 0.25) is 0 Å². The van der Waals surface area contributed by atoms with Crippen LogP contribution in [-0.2, 0) is 4.79 Å². The summed E-state index contributed by atoms with van der Waals surface area (Å²) in [5.41, 5.74) is 6.45. The maximum atomic E-state index is 12.1. The van der Waals surface area contributed by atoms with Crippen LogP contribution < -0.4 is 9.64 Å². The Labute approximate surface area is 174 Å². The number of carbonyl (C=O) groups is 1. The lowest BCUT2D eigenvalue weighted by Crippen LogP contribution is -2.23. The third kappa shape index (κ3) is 3.55. The number of likely N-dealkylation sites (N-methyl/N-ethyl adjacent to an activating group) is 1. The van der Waals surface area contributed by atoms with E-state index in [2.05, 4.69) is 33.7 Å². The van der Waals surface area contributed by atoms with E-state index in [9.17, 15) is 4.79 Å². The van der Waals surface area contributed by atoms with Crippen LogP contribution >= 0.6 is 0 Å². The summed E-state index contributed by atoms with van der Waals surface area (Å²) in [6.45, 7) is 5.54. The third-order valence-electron chi connectivity index (χ3n) is 5.09. The molecule has 1 amide bonds. The summed E-state index contributed by atoms with van der Waals surface area (Å²) in [7, 11) is 3.32. The first-order valence-electron chi connectivity index (χ1n) is 9.50. The highest BCUT2D eigenvalue weighted by Crippen LogP contribution is 2.34. The van der Waals surface area contributed by atoms with Gasteiger partial charge in [0.2, 0.25) is 5.91 Å². The second-order valence-electron chi connectivity index (χ2n) is 7.03. The van der Waals surface area contributed by atoms with Gasteiger partial charge in [-0.1, -0.05) is 6.58 Å². The molecule has 0 aliphatic heterocycles. The quantitative estimate of drug-likeness (QED) is 0.492. The maximum absolute atomic E-state index is 12.1. The fourth-order valence-electron chi connectivity index (χ4n) is 3.44. The molecule has 1 aromatic carbocycles. The molecule has 3 aromatic heterocycles.